The van der Waals surface area contributed by atoms with E-state index in [1.165, 1.54) is 16.6 Å². The molecule has 0 saturated carbocycles. The average Bonchev–Trinajstić information content (AvgIpc) is 2.72. The number of quaternary nitrogens is 1. The Balaban J connectivity index is 1.57. The number of halogens is 5. The number of aliphatic hydroxyl groups excluding tert-OH is 3. The van der Waals surface area contributed by atoms with Gasteiger partial charge in [-0.15, -0.1) is 0 Å². The standard InChI is InChI=1S/C20H17Cl2F3N2O4S/c21-9-2-1-3-14(15(9)22)32-20-19(30)17(18(29)13(7-28)31-20)27-6-12(26-27)8-4-10(23)16(25)11(24)5-8/h1-6,13,17-20,26,28-30H,7H2/p+1/t13?,17?,18-,19?,20+/m0/s1. The number of benzene rings is 2. The van der Waals surface area contributed by atoms with Gasteiger partial charge >= 0.3 is 0 Å². The number of nitrogens with two attached hydrogens (primary N) is 1. The van der Waals surface area contributed by atoms with Gasteiger partial charge in [0.15, 0.2) is 23.1 Å². The van der Waals surface area contributed by atoms with Gasteiger partial charge < -0.3 is 20.1 Å². The van der Waals surface area contributed by atoms with E-state index in [9.17, 15) is 28.5 Å². The Morgan fingerprint density at radius 2 is 1.75 bits per heavy atom. The molecule has 172 valence electrons. The highest BCUT2D eigenvalue weighted by molar-refractivity contribution is 8.00. The molecule has 2 aliphatic rings. The van der Waals surface area contributed by atoms with Gasteiger partial charge in [-0.2, -0.15) is 0 Å². The fourth-order valence-corrected chi connectivity index (χ4v) is 5.18. The van der Waals surface area contributed by atoms with Crippen LogP contribution in [-0.2, 0) is 4.74 Å². The van der Waals surface area contributed by atoms with E-state index >= 15 is 0 Å². The second kappa shape index (κ2) is 9.40. The summed E-state index contributed by atoms with van der Waals surface area (Å²) >= 11 is 13.3. The molecule has 0 amide bonds. The minimum absolute atomic E-state index is 0.101. The smallest absolute Gasteiger partial charge is 0.194 e. The molecule has 0 aromatic heterocycles. The fourth-order valence-electron chi connectivity index (χ4n) is 3.57. The highest BCUT2D eigenvalue weighted by Gasteiger charge is 2.50. The first-order valence-electron chi connectivity index (χ1n) is 9.43. The van der Waals surface area contributed by atoms with Crippen molar-refractivity contribution in [3.05, 3.63) is 69.6 Å². The van der Waals surface area contributed by atoms with E-state index in [1.807, 2.05) is 0 Å². The van der Waals surface area contributed by atoms with Gasteiger partial charge in [0.05, 0.1) is 16.7 Å². The Morgan fingerprint density at radius 1 is 1.09 bits per heavy atom. The van der Waals surface area contributed by atoms with Crippen LogP contribution < -0.4 is 5.43 Å². The summed E-state index contributed by atoms with van der Waals surface area (Å²) in [6.07, 6.45) is -2.08. The van der Waals surface area contributed by atoms with Crippen molar-refractivity contribution < 1.29 is 38.7 Å². The van der Waals surface area contributed by atoms with Gasteiger partial charge in [-0.25, -0.2) is 23.6 Å². The summed E-state index contributed by atoms with van der Waals surface area (Å²) in [5.41, 5.74) is 1.01. The minimum Gasteiger partial charge on any atom is -0.394 e. The molecule has 5 atom stereocenters. The topological polar surface area (TPSA) is 89.8 Å². The highest BCUT2D eigenvalue weighted by Crippen LogP contribution is 2.40. The maximum atomic E-state index is 13.5. The molecule has 0 spiro atoms. The third-order valence-electron chi connectivity index (χ3n) is 5.25. The lowest BCUT2D eigenvalue weighted by molar-refractivity contribution is -0.755. The van der Waals surface area contributed by atoms with Crippen molar-refractivity contribution in [1.82, 2.24) is 5.01 Å². The van der Waals surface area contributed by atoms with Crippen molar-refractivity contribution >= 4 is 40.7 Å². The number of ether oxygens (including phenoxy) is 1. The molecule has 6 nitrogen and oxygen atoms in total. The summed E-state index contributed by atoms with van der Waals surface area (Å²) in [6.45, 7) is -0.510. The zero-order chi connectivity index (χ0) is 23.2. The summed E-state index contributed by atoms with van der Waals surface area (Å²) < 4.78 is 46.0. The molecule has 2 aromatic rings. The van der Waals surface area contributed by atoms with E-state index in [2.05, 4.69) is 0 Å². The third kappa shape index (κ3) is 4.34. The number of hydrogen-bond acceptors (Lipinski definition) is 6. The lowest BCUT2D eigenvalue weighted by atomic mass is 9.96. The molecule has 1 saturated heterocycles. The highest BCUT2D eigenvalue weighted by atomic mass is 35.5. The first-order valence-corrected chi connectivity index (χ1v) is 11.1. The van der Waals surface area contributed by atoms with Gasteiger partial charge in [-0.3, -0.25) is 0 Å². The summed E-state index contributed by atoms with van der Waals surface area (Å²) in [7, 11) is 0. The summed E-state index contributed by atoms with van der Waals surface area (Å²) in [5, 5.41) is 33.3. The lowest BCUT2D eigenvalue weighted by Gasteiger charge is -2.46. The Kier molecular flexibility index (Phi) is 6.94. The quantitative estimate of drug-likeness (QED) is 0.364. The van der Waals surface area contributed by atoms with Crippen molar-refractivity contribution in [2.75, 3.05) is 6.61 Å². The maximum Gasteiger partial charge on any atom is 0.194 e. The van der Waals surface area contributed by atoms with E-state index in [0.29, 0.717) is 15.6 Å². The van der Waals surface area contributed by atoms with Crippen LogP contribution in [0.3, 0.4) is 0 Å². The van der Waals surface area contributed by atoms with Gasteiger partial charge in [0.1, 0.15) is 36.0 Å². The van der Waals surface area contributed by atoms with E-state index in [0.717, 1.165) is 23.9 Å². The Bertz CT molecular complexity index is 1040. The van der Waals surface area contributed by atoms with E-state index in [1.54, 1.807) is 18.2 Å². The molecule has 5 N–H and O–H groups in total. The van der Waals surface area contributed by atoms with Crippen LogP contribution >= 0.6 is 35.0 Å². The molecule has 0 aliphatic carbocycles. The number of thioether (sulfide) groups is 1. The number of nitrogens with zero attached hydrogens (tertiary/aromatic N) is 1. The largest absolute Gasteiger partial charge is 0.394 e. The molecule has 2 aliphatic heterocycles. The van der Waals surface area contributed by atoms with Crippen LogP contribution in [0.25, 0.3) is 5.70 Å². The van der Waals surface area contributed by atoms with E-state index in [-0.39, 0.29) is 10.6 Å². The van der Waals surface area contributed by atoms with Gasteiger partial charge in [0.2, 0.25) is 0 Å². The van der Waals surface area contributed by atoms with Crippen LogP contribution in [0.5, 0.6) is 0 Å². The molecule has 0 radical (unpaired) electrons. The first-order chi connectivity index (χ1) is 15.2. The van der Waals surface area contributed by atoms with Crippen molar-refractivity contribution in [2.24, 2.45) is 0 Å². The molecule has 3 unspecified atom stereocenters. The SMILES string of the molecule is OCC1O[C@H](Sc2cccc(Cl)c2Cl)C(O)C(N2C=C(c3cc(F)c(F)c(F)c3)[NH2+]2)[C@H]1O. The van der Waals surface area contributed by atoms with E-state index in [4.69, 9.17) is 27.9 Å². The predicted octanol–water partition coefficient (Wildman–Crippen LogP) is 2.10. The van der Waals surface area contributed by atoms with Gasteiger partial charge in [0, 0.05) is 10.5 Å². The molecule has 2 heterocycles. The molecule has 32 heavy (non-hydrogen) atoms. The lowest BCUT2D eigenvalue weighted by Crippen LogP contribution is -2.99. The van der Waals surface area contributed by atoms with E-state index < -0.39 is 53.8 Å². The van der Waals surface area contributed by atoms with Crippen molar-refractivity contribution in [1.29, 1.82) is 0 Å². The molecule has 4 rings (SSSR count). The Labute approximate surface area is 195 Å². The van der Waals surface area contributed by atoms with Crippen LogP contribution in [0.2, 0.25) is 10.0 Å². The van der Waals surface area contributed by atoms with Gasteiger partial charge in [-0.05, 0) is 24.3 Å². The van der Waals surface area contributed by atoms with Crippen LogP contribution in [-0.4, -0.2) is 56.7 Å². The summed E-state index contributed by atoms with van der Waals surface area (Å²) in [5.74, 6) is -4.21. The second-order valence-corrected chi connectivity index (χ2v) is 9.21. The van der Waals surface area contributed by atoms with Crippen molar-refractivity contribution in [3.63, 3.8) is 0 Å². The molecule has 1 fully saturated rings. The Hall–Kier alpha value is -1.50. The van der Waals surface area contributed by atoms with Crippen LogP contribution in [0.15, 0.2) is 41.4 Å². The molecule has 0 bridgehead atoms. The normalized spacial score (nSPS) is 27.8. The molecule has 12 heteroatoms. The number of hydrogen-bond donors (Lipinski definition) is 4. The predicted molar refractivity (Wildman–Crippen MR) is 112 cm³/mol. The fraction of sp³-hybridized carbons (Fsp3) is 0.300. The minimum atomic E-state index is -1.56. The third-order valence-corrected chi connectivity index (χ3v) is 7.39. The van der Waals surface area contributed by atoms with Crippen LogP contribution in [0.4, 0.5) is 13.2 Å². The molecular formula is C20H18Cl2F3N2O4S+. The van der Waals surface area contributed by atoms with Crippen molar-refractivity contribution in [3.8, 4) is 0 Å². The average molecular weight is 510 g/mol. The van der Waals surface area contributed by atoms with Crippen LogP contribution in [0.1, 0.15) is 5.56 Å². The second-order valence-electron chi connectivity index (χ2n) is 7.28. The first kappa shape index (κ1) is 23.7. The summed E-state index contributed by atoms with van der Waals surface area (Å²) in [4.78, 5) is 0.538. The monoisotopic (exact) mass is 509 g/mol. The Morgan fingerprint density at radius 3 is 2.38 bits per heavy atom. The summed E-state index contributed by atoms with van der Waals surface area (Å²) in [6, 6.07) is 5.75. The van der Waals surface area contributed by atoms with Gasteiger partial charge in [-0.1, -0.05) is 41.0 Å². The van der Waals surface area contributed by atoms with Crippen LogP contribution in [0, 0.1) is 17.5 Å². The molecular weight excluding hydrogens is 492 g/mol. The van der Waals surface area contributed by atoms with Gasteiger partial charge in [0.25, 0.3) is 0 Å². The van der Waals surface area contributed by atoms with Crippen molar-refractivity contribution in [2.45, 2.75) is 34.7 Å². The number of rotatable bonds is 5. The zero-order valence-electron chi connectivity index (χ0n) is 16.1. The zero-order valence-corrected chi connectivity index (χ0v) is 18.5. The maximum absolute atomic E-state index is 13.5. The molecule has 2 aromatic carbocycles. The number of aliphatic hydroxyl groups is 3.